The molecule has 8 nitrogen and oxygen atoms in total. The summed E-state index contributed by atoms with van der Waals surface area (Å²) in [5.41, 5.74) is 0.698. The van der Waals surface area contributed by atoms with Gasteiger partial charge in [0, 0.05) is 42.2 Å². The summed E-state index contributed by atoms with van der Waals surface area (Å²) in [4.78, 5) is 21.5. The Morgan fingerprint density at radius 1 is 1.23 bits per heavy atom. The molecular formula is C20H17F2N5O3S. The maximum absolute atomic E-state index is 14.7. The fourth-order valence-corrected chi connectivity index (χ4v) is 3.33. The molecule has 3 aromatic rings. The molecule has 0 radical (unpaired) electrons. The van der Waals surface area contributed by atoms with Gasteiger partial charge in [0.2, 0.25) is 0 Å². The Balaban J connectivity index is 1.53. The zero-order chi connectivity index (χ0) is 21.8. The van der Waals surface area contributed by atoms with Crippen LogP contribution in [0.5, 0.6) is 17.5 Å². The lowest BCUT2D eigenvalue weighted by Crippen LogP contribution is -2.37. The van der Waals surface area contributed by atoms with Crippen LogP contribution in [0.4, 0.5) is 19.3 Å². The quantitative estimate of drug-likeness (QED) is 0.522. The van der Waals surface area contributed by atoms with Crippen molar-refractivity contribution in [3.63, 3.8) is 0 Å². The molecule has 160 valence electrons. The molecule has 1 amide bonds. The molecule has 0 bridgehead atoms. The third kappa shape index (κ3) is 4.67. The first-order chi connectivity index (χ1) is 15.0. The van der Waals surface area contributed by atoms with Crippen LogP contribution in [0, 0.1) is 11.6 Å². The summed E-state index contributed by atoms with van der Waals surface area (Å²) in [6.45, 7) is -0.163. The van der Waals surface area contributed by atoms with Crippen LogP contribution in [-0.2, 0) is 13.1 Å². The first-order valence-corrected chi connectivity index (χ1v) is 9.97. The van der Waals surface area contributed by atoms with Gasteiger partial charge in [-0.25, -0.2) is 28.3 Å². The van der Waals surface area contributed by atoms with Gasteiger partial charge in [0.15, 0.2) is 5.82 Å². The van der Waals surface area contributed by atoms with Gasteiger partial charge in [-0.15, -0.1) is 0 Å². The normalized spacial score (nSPS) is 12.9. The van der Waals surface area contributed by atoms with Crippen LogP contribution in [0.1, 0.15) is 11.1 Å². The lowest BCUT2D eigenvalue weighted by Gasteiger charge is -2.28. The minimum Gasteiger partial charge on any atom is -0.424 e. The maximum Gasteiger partial charge on any atom is 0.415 e. The van der Waals surface area contributed by atoms with Gasteiger partial charge in [-0.3, -0.25) is 4.90 Å². The molecule has 4 rings (SSSR count). The predicted molar refractivity (Wildman–Crippen MR) is 110 cm³/mol. The molecule has 0 unspecified atom stereocenters. The molecular weight excluding hydrogens is 428 g/mol. The molecule has 1 aliphatic heterocycles. The van der Waals surface area contributed by atoms with Crippen molar-refractivity contribution in [3.8, 4) is 17.5 Å². The SMILES string of the molecule is CNSNc1cccc(CN2Cc3c(F)cc(Oc4ncccn4)cc3OC2=O)c1F. The molecule has 0 fully saturated rings. The van der Waals surface area contributed by atoms with E-state index in [-0.39, 0.29) is 47.4 Å². The number of ether oxygens (including phenoxy) is 2. The molecule has 0 saturated carbocycles. The lowest BCUT2D eigenvalue weighted by molar-refractivity contribution is 0.133. The average molecular weight is 445 g/mol. The zero-order valence-corrected chi connectivity index (χ0v) is 17.1. The highest BCUT2D eigenvalue weighted by molar-refractivity contribution is 7.98. The molecule has 2 N–H and O–H groups in total. The lowest BCUT2D eigenvalue weighted by atomic mass is 10.1. The Morgan fingerprint density at radius 3 is 2.81 bits per heavy atom. The van der Waals surface area contributed by atoms with E-state index in [1.807, 2.05) is 0 Å². The average Bonchev–Trinajstić information content (AvgIpc) is 2.76. The third-order valence-corrected chi connectivity index (χ3v) is 4.91. The van der Waals surface area contributed by atoms with Crippen LogP contribution in [0.15, 0.2) is 48.8 Å². The number of carbonyl (C=O) groups is 1. The summed E-state index contributed by atoms with van der Waals surface area (Å²) in [5.74, 6) is -0.998. The Hall–Kier alpha value is -3.44. The Bertz CT molecular complexity index is 1100. The summed E-state index contributed by atoms with van der Waals surface area (Å²) in [6, 6.07) is 8.99. The summed E-state index contributed by atoms with van der Waals surface area (Å²) >= 11 is 1.11. The molecule has 1 aromatic heterocycles. The number of benzene rings is 2. The monoisotopic (exact) mass is 445 g/mol. The first-order valence-electron chi connectivity index (χ1n) is 9.15. The van der Waals surface area contributed by atoms with Crippen LogP contribution >= 0.6 is 12.1 Å². The van der Waals surface area contributed by atoms with E-state index < -0.39 is 17.7 Å². The molecule has 0 aliphatic carbocycles. The van der Waals surface area contributed by atoms with E-state index in [4.69, 9.17) is 9.47 Å². The van der Waals surface area contributed by atoms with Crippen molar-refractivity contribution >= 4 is 23.9 Å². The number of rotatable bonds is 7. The van der Waals surface area contributed by atoms with Crippen molar-refractivity contribution in [1.29, 1.82) is 0 Å². The number of fused-ring (bicyclic) bond motifs is 1. The molecule has 0 spiro atoms. The van der Waals surface area contributed by atoms with Gasteiger partial charge in [0.25, 0.3) is 0 Å². The Labute approximate surface area is 180 Å². The van der Waals surface area contributed by atoms with Gasteiger partial charge >= 0.3 is 12.1 Å². The van der Waals surface area contributed by atoms with Gasteiger partial charge in [0.1, 0.15) is 17.3 Å². The van der Waals surface area contributed by atoms with E-state index in [1.165, 1.54) is 23.4 Å². The van der Waals surface area contributed by atoms with Crippen LogP contribution in [0.2, 0.25) is 0 Å². The smallest absolute Gasteiger partial charge is 0.415 e. The second-order valence-electron chi connectivity index (χ2n) is 6.43. The number of nitrogens with zero attached hydrogens (tertiary/aromatic N) is 3. The molecule has 1 aliphatic rings. The van der Waals surface area contributed by atoms with E-state index in [1.54, 1.807) is 31.3 Å². The molecule has 0 saturated heterocycles. The summed E-state index contributed by atoms with van der Waals surface area (Å²) in [7, 11) is 1.69. The van der Waals surface area contributed by atoms with E-state index in [2.05, 4.69) is 19.4 Å². The molecule has 2 aromatic carbocycles. The number of halogens is 2. The minimum absolute atomic E-state index is 0.0333. The number of anilines is 1. The minimum atomic E-state index is -0.720. The van der Waals surface area contributed by atoms with Crippen molar-refractivity contribution in [1.82, 2.24) is 19.6 Å². The largest absolute Gasteiger partial charge is 0.424 e. The standard InChI is InChI=1S/C20H17F2N5O3S/c1-23-31-26-16-5-2-4-12(18(16)22)10-27-11-14-15(21)8-13(9-17(14)30-20(27)28)29-19-24-6-3-7-25-19/h2-9,23,26H,10-11H2,1H3. The summed E-state index contributed by atoms with van der Waals surface area (Å²) < 4.78 is 45.7. The van der Waals surface area contributed by atoms with E-state index in [0.29, 0.717) is 0 Å². The Kier molecular flexibility index (Phi) is 6.14. The van der Waals surface area contributed by atoms with Crippen molar-refractivity contribution in [3.05, 3.63) is 71.6 Å². The van der Waals surface area contributed by atoms with E-state index in [9.17, 15) is 13.6 Å². The summed E-state index contributed by atoms with van der Waals surface area (Å²) in [5, 5.41) is 0. The highest BCUT2D eigenvalue weighted by Crippen LogP contribution is 2.35. The second kappa shape index (κ2) is 9.14. The van der Waals surface area contributed by atoms with Gasteiger partial charge in [-0.1, -0.05) is 12.1 Å². The molecule has 0 atom stereocenters. The van der Waals surface area contributed by atoms with Gasteiger partial charge in [-0.2, -0.15) is 0 Å². The fourth-order valence-electron chi connectivity index (χ4n) is 2.96. The van der Waals surface area contributed by atoms with E-state index in [0.717, 1.165) is 18.2 Å². The number of hydrogen-bond acceptors (Lipinski definition) is 8. The first kappa shape index (κ1) is 20.8. The van der Waals surface area contributed by atoms with Crippen LogP contribution < -0.4 is 18.9 Å². The molecule has 2 heterocycles. The highest BCUT2D eigenvalue weighted by atomic mass is 32.2. The van der Waals surface area contributed by atoms with Crippen molar-refractivity contribution in [2.75, 3.05) is 11.8 Å². The van der Waals surface area contributed by atoms with Gasteiger partial charge in [0.05, 0.1) is 24.3 Å². The highest BCUT2D eigenvalue weighted by Gasteiger charge is 2.29. The number of hydrogen-bond donors (Lipinski definition) is 2. The second-order valence-corrected chi connectivity index (χ2v) is 7.24. The number of aromatic nitrogens is 2. The number of nitrogens with one attached hydrogen (secondary N) is 2. The molecule has 11 heteroatoms. The van der Waals surface area contributed by atoms with Crippen LogP contribution in [0.25, 0.3) is 0 Å². The predicted octanol–water partition coefficient (Wildman–Crippen LogP) is 4.26. The number of carbonyl (C=O) groups excluding carboxylic acids is 1. The van der Waals surface area contributed by atoms with Gasteiger partial charge in [-0.05, 0) is 19.2 Å². The Morgan fingerprint density at radius 2 is 2.03 bits per heavy atom. The third-order valence-electron chi connectivity index (χ3n) is 4.39. The van der Waals surface area contributed by atoms with Crippen LogP contribution in [-0.4, -0.2) is 28.0 Å². The van der Waals surface area contributed by atoms with E-state index >= 15 is 0 Å². The van der Waals surface area contributed by atoms with Crippen molar-refractivity contribution in [2.24, 2.45) is 0 Å². The van der Waals surface area contributed by atoms with Crippen molar-refractivity contribution < 1.29 is 23.0 Å². The van der Waals surface area contributed by atoms with Crippen LogP contribution in [0.3, 0.4) is 0 Å². The fraction of sp³-hybridized carbons (Fsp3) is 0.150. The molecule has 31 heavy (non-hydrogen) atoms. The van der Waals surface area contributed by atoms with Crippen molar-refractivity contribution in [2.45, 2.75) is 13.1 Å². The van der Waals surface area contributed by atoms with Gasteiger partial charge < -0.3 is 14.2 Å². The zero-order valence-electron chi connectivity index (χ0n) is 16.3. The maximum atomic E-state index is 14.7. The summed E-state index contributed by atoms with van der Waals surface area (Å²) in [6.07, 6.45) is 2.24. The number of amides is 1. The topological polar surface area (TPSA) is 88.6 Å².